The summed E-state index contributed by atoms with van der Waals surface area (Å²) in [6.45, 7) is 2.45. The van der Waals surface area contributed by atoms with E-state index in [1.165, 1.54) is 6.07 Å². The second-order valence-corrected chi connectivity index (χ2v) is 5.37. The SMILES string of the molecule is Cc1ccc(F)c(CNc2ccc3ncsc3c2)c1. The highest BCUT2D eigenvalue weighted by molar-refractivity contribution is 7.16. The second kappa shape index (κ2) is 4.97. The van der Waals surface area contributed by atoms with Crippen LogP contribution in [-0.2, 0) is 6.54 Å². The van der Waals surface area contributed by atoms with Crippen LogP contribution in [0.2, 0.25) is 0 Å². The molecule has 0 unspecified atom stereocenters. The van der Waals surface area contributed by atoms with E-state index in [1.54, 1.807) is 17.4 Å². The van der Waals surface area contributed by atoms with Gasteiger partial charge in [0, 0.05) is 17.8 Å². The Morgan fingerprint density at radius 2 is 2.11 bits per heavy atom. The summed E-state index contributed by atoms with van der Waals surface area (Å²) in [5.41, 5.74) is 5.56. The first kappa shape index (κ1) is 12.1. The quantitative estimate of drug-likeness (QED) is 0.766. The van der Waals surface area contributed by atoms with Crippen molar-refractivity contribution in [2.45, 2.75) is 13.5 Å². The molecule has 0 spiro atoms. The number of halogens is 1. The van der Waals surface area contributed by atoms with Crippen LogP contribution in [0.4, 0.5) is 10.1 Å². The van der Waals surface area contributed by atoms with Crippen molar-refractivity contribution in [2.24, 2.45) is 0 Å². The zero-order chi connectivity index (χ0) is 13.2. The highest BCUT2D eigenvalue weighted by Gasteiger charge is 2.03. The normalized spacial score (nSPS) is 10.8. The van der Waals surface area contributed by atoms with Gasteiger partial charge in [0.1, 0.15) is 5.82 Å². The Kier molecular flexibility index (Phi) is 3.17. The molecule has 4 heteroatoms. The third-order valence-corrected chi connectivity index (χ3v) is 3.81. The fourth-order valence-corrected chi connectivity index (χ4v) is 2.72. The molecular formula is C15H13FN2S. The topological polar surface area (TPSA) is 24.9 Å². The first-order valence-corrected chi connectivity index (χ1v) is 6.92. The molecule has 0 aliphatic rings. The van der Waals surface area contributed by atoms with E-state index in [2.05, 4.69) is 10.3 Å². The lowest BCUT2D eigenvalue weighted by atomic mass is 10.1. The summed E-state index contributed by atoms with van der Waals surface area (Å²) in [4.78, 5) is 4.23. The molecule has 0 radical (unpaired) electrons. The van der Waals surface area contributed by atoms with Crippen molar-refractivity contribution in [1.82, 2.24) is 4.98 Å². The molecule has 96 valence electrons. The summed E-state index contributed by atoms with van der Waals surface area (Å²) in [7, 11) is 0. The van der Waals surface area contributed by atoms with Crippen molar-refractivity contribution < 1.29 is 4.39 Å². The molecule has 0 aliphatic heterocycles. The van der Waals surface area contributed by atoms with E-state index in [-0.39, 0.29) is 5.82 Å². The largest absolute Gasteiger partial charge is 0.381 e. The highest BCUT2D eigenvalue weighted by atomic mass is 32.1. The molecule has 19 heavy (non-hydrogen) atoms. The van der Waals surface area contributed by atoms with Crippen molar-refractivity contribution >= 4 is 27.2 Å². The predicted molar refractivity (Wildman–Crippen MR) is 78.1 cm³/mol. The van der Waals surface area contributed by atoms with Crippen LogP contribution in [0.15, 0.2) is 41.9 Å². The van der Waals surface area contributed by atoms with Gasteiger partial charge in [-0.3, -0.25) is 0 Å². The van der Waals surface area contributed by atoms with E-state index >= 15 is 0 Å². The molecule has 0 bridgehead atoms. The number of aryl methyl sites for hydroxylation is 1. The number of nitrogens with one attached hydrogen (secondary N) is 1. The average Bonchev–Trinajstić information content (AvgIpc) is 2.87. The van der Waals surface area contributed by atoms with Crippen LogP contribution in [-0.4, -0.2) is 4.98 Å². The van der Waals surface area contributed by atoms with Gasteiger partial charge in [-0.05, 0) is 31.2 Å². The number of hydrogen-bond acceptors (Lipinski definition) is 3. The van der Waals surface area contributed by atoms with Crippen molar-refractivity contribution in [3.05, 3.63) is 58.9 Å². The Balaban J connectivity index is 1.79. The first-order chi connectivity index (χ1) is 9.22. The van der Waals surface area contributed by atoms with Crippen LogP contribution in [0, 0.1) is 12.7 Å². The predicted octanol–water partition coefficient (Wildman–Crippen LogP) is 4.36. The van der Waals surface area contributed by atoms with Crippen molar-refractivity contribution in [3.63, 3.8) is 0 Å². The van der Waals surface area contributed by atoms with Gasteiger partial charge in [-0.2, -0.15) is 0 Å². The molecule has 1 aromatic heterocycles. The monoisotopic (exact) mass is 272 g/mol. The number of rotatable bonds is 3. The summed E-state index contributed by atoms with van der Waals surface area (Å²) in [5.74, 6) is -0.169. The molecule has 0 amide bonds. The van der Waals surface area contributed by atoms with E-state index in [1.807, 2.05) is 36.7 Å². The van der Waals surface area contributed by atoms with Gasteiger partial charge in [0.25, 0.3) is 0 Å². The molecule has 3 rings (SSSR count). The van der Waals surface area contributed by atoms with E-state index in [0.29, 0.717) is 12.1 Å². The maximum absolute atomic E-state index is 13.6. The van der Waals surface area contributed by atoms with E-state index in [4.69, 9.17) is 0 Å². The van der Waals surface area contributed by atoms with Crippen LogP contribution >= 0.6 is 11.3 Å². The fraction of sp³-hybridized carbons (Fsp3) is 0.133. The molecule has 0 fully saturated rings. The molecule has 0 aliphatic carbocycles. The van der Waals surface area contributed by atoms with Gasteiger partial charge in [-0.15, -0.1) is 11.3 Å². The Morgan fingerprint density at radius 1 is 1.21 bits per heavy atom. The average molecular weight is 272 g/mol. The molecule has 3 aromatic rings. The molecule has 0 saturated carbocycles. The van der Waals surface area contributed by atoms with Crippen LogP contribution in [0.1, 0.15) is 11.1 Å². The smallest absolute Gasteiger partial charge is 0.128 e. The van der Waals surface area contributed by atoms with Gasteiger partial charge in [0.2, 0.25) is 0 Å². The summed E-state index contributed by atoms with van der Waals surface area (Å²) < 4.78 is 14.8. The Labute approximate surface area is 114 Å². The fourth-order valence-electron chi connectivity index (χ4n) is 2.00. The summed E-state index contributed by atoms with van der Waals surface area (Å²) in [6, 6.07) is 11.1. The molecule has 1 heterocycles. The van der Waals surface area contributed by atoms with Crippen LogP contribution in [0.5, 0.6) is 0 Å². The molecule has 1 N–H and O–H groups in total. The van der Waals surface area contributed by atoms with Gasteiger partial charge >= 0.3 is 0 Å². The summed E-state index contributed by atoms with van der Waals surface area (Å²) in [5, 5.41) is 3.25. The van der Waals surface area contributed by atoms with Crippen molar-refractivity contribution in [1.29, 1.82) is 0 Å². The lowest BCUT2D eigenvalue weighted by Gasteiger charge is -2.08. The van der Waals surface area contributed by atoms with Gasteiger partial charge in [0.05, 0.1) is 15.7 Å². The number of hydrogen-bond donors (Lipinski definition) is 1. The van der Waals surface area contributed by atoms with Gasteiger partial charge < -0.3 is 5.32 Å². The molecular weight excluding hydrogens is 259 g/mol. The molecule has 0 atom stereocenters. The van der Waals surface area contributed by atoms with E-state index < -0.39 is 0 Å². The minimum Gasteiger partial charge on any atom is -0.381 e. The van der Waals surface area contributed by atoms with Crippen molar-refractivity contribution in [3.8, 4) is 0 Å². The van der Waals surface area contributed by atoms with Crippen LogP contribution in [0.3, 0.4) is 0 Å². The van der Waals surface area contributed by atoms with Gasteiger partial charge in [-0.1, -0.05) is 17.7 Å². The maximum atomic E-state index is 13.6. The Morgan fingerprint density at radius 3 is 3.00 bits per heavy atom. The summed E-state index contributed by atoms with van der Waals surface area (Å²) >= 11 is 1.60. The Bertz CT molecular complexity index is 721. The zero-order valence-corrected chi connectivity index (χ0v) is 11.3. The lowest BCUT2D eigenvalue weighted by molar-refractivity contribution is 0.612. The minimum atomic E-state index is -0.169. The number of benzene rings is 2. The Hall–Kier alpha value is -1.94. The van der Waals surface area contributed by atoms with Gasteiger partial charge in [-0.25, -0.2) is 9.37 Å². The number of anilines is 1. The molecule has 0 saturated heterocycles. The molecule has 2 nitrogen and oxygen atoms in total. The summed E-state index contributed by atoms with van der Waals surface area (Å²) in [6.07, 6.45) is 0. The zero-order valence-electron chi connectivity index (χ0n) is 10.5. The number of thiazole rings is 1. The number of aromatic nitrogens is 1. The van der Waals surface area contributed by atoms with Crippen LogP contribution < -0.4 is 5.32 Å². The minimum absolute atomic E-state index is 0.169. The third-order valence-electron chi connectivity index (χ3n) is 3.02. The lowest BCUT2D eigenvalue weighted by Crippen LogP contribution is -2.02. The number of fused-ring (bicyclic) bond motifs is 1. The van der Waals surface area contributed by atoms with E-state index in [0.717, 1.165) is 21.5 Å². The van der Waals surface area contributed by atoms with Gasteiger partial charge in [0.15, 0.2) is 0 Å². The standard InChI is InChI=1S/C15H13FN2S/c1-10-2-4-13(16)11(6-10)8-17-12-3-5-14-15(7-12)19-9-18-14/h2-7,9,17H,8H2,1H3. The van der Waals surface area contributed by atoms with Crippen molar-refractivity contribution in [2.75, 3.05) is 5.32 Å². The third kappa shape index (κ3) is 2.58. The maximum Gasteiger partial charge on any atom is 0.128 e. The highest BCUT2D eigenvalue weighted by Crippen LogP contribution is 2.22. The molecule has 2 aromatic carbocycles. The van der Waals surface area contributed by atoms with Crippen LogP contribution in [0.25, 0.3) is 10.2 Å². The van der Waals surface area contributed by atoms with E-state index in [9.17, 15) is 4.39 Å². The first-order valence-electron chi connectivity index (χ1n) is 6.04. The second-order valence-electron chi connectivity index (χ2n) is 4.48. The number of nitrogens with zero attached hydrogens (tertiary/aromatic N) is 1.